The summed E-state index contributed by atoms with van der Waals surface area (Å²) in [7, 11) is 1.59. The van der Waals surface area contributed by atoms with Crippen molar-refractivity contribution in [3.8, 4) is 0 Å². The molecule has 0 saturated carbocycles. The van der Waals surface area contributed by atoms with Crippen molar-refractivity contribution in [1.29, 1.82) is 0 Å². The van der Waals surface area contributed by atoms with Gasteiger partial charge in [0.25, 0.3) is 0 Å². The van der Waals surface area contributed by atoms with E-state index < -0.39 is 12.1 Å². The van der Waals surface area contributed by atoms with Gasteiger partial charge in [-0.2, -0.15) is 17.2 Å². The Hall–Kier alpha value is -1.42. The lowest BCUT2D eigenvalue weighted by atomic mass is 10.2. The monoisotopic (exact) mass is 373 g/mol. The number of thioether (sulfide) groups is 1. The van der Waals surface area contributed by atoms with E-state index in [1.54, 1.807) is 18.8 Å². The van der Waals surface area contributed by atoms with Crippen molar-refractivity contribution in [2.75, 3.05) is 32.1 Å². The van der Waals surface area contributed by atoms with Crippen LogP contribution < -0.4 is 5.48 Å². The lowest BCUT2D eigenvalue weighted by Gasteiger charge is -2.25. The summed E-state index contributed by atoms with van der Waals surface area (Å²) in [6.07, 6.45) is 1.43. The van der Waals surface area contributed by atoms with E-state index in [-0.39, 0.29) is 6.42 Å². The third kappa shape index (κ3) is 9.02. The quantitative estimate of drug-likeness (QED) is 0.348. The molecule has 0 fully saturated rings. The maximum atomic E-state index is 11.9. The average Bonchev–Trinajstić information content (AvgIpc) is 2.57. The second kappa shape index (κ2) is 12.0. The van der Waals surface area contributed by atoms with Crippen LogP contribution in [0.5, 0.6) is 0 Å². The molecule has 0 spiro atoms. The zero-order valence-corrected chi connectivity index (χ0v) is 15.4. The molecule has 7 nitrogen and oxygen atoms in total. The van der Waals surface area contributed by atoms with Gasteiger partial charge in [-0.3, -0.25) is 4.79 Å². The predicted octanol–water partition coefficient (Wildman–Crippen LogP) is 2.46. The number of benzene rings is 1. The number of nitrogens with one attached hydrogen (secondary N) is 1. The van der Waals surface area contributed by atoms with Gasteiger partial charge in [-0.1, -0.05) is 30.3 Å². The fourth-order valence-corrected chi connectivity index (χ4v) is 2.80. The first kappa shape index (κ1) is 20.6. The van der Waals surface area contributed by atoms with Crippen LogP contribution in [0.25, 0.3) is 0 Å². The predicted molar refractivity (Wildman–Crippen MR) is 97.3 cm³/mol. The molecule has 0 saturated heterocycles. The van der Waals surface area contributed by atoms with Crippen LogP contribution in [-0.2, 0) is 16.2 Å². The van der Waals surface area contributed by atoms with E-state index in [4.69, 9.17) is 9.94 Å². The Morgan fingerprint density at radius 3 is 2.62 bits per heavy atom. The molecule has 0 aliphatic heterocycles. The third-order valence-electron chi connectivity index (χ3n) is 2.84. The van der Waals surface area contributed by atoms with Gasteiger partial charge in [0, 0.05) is 44.6 Å². The van der Waals surface area contributed by atoms with Crippen LogP contribution in [0.1, 0.15) is 12.0 Å². The zero-order valence-electron chi connectivity index (χ0n) is 13.8. The molecule has 134 valence electrons. The molecule has 0 aliphatic carbocycles. The molecule has 1 rings (SSSR count). The summed E-state index contributed by atoms with van der Waals surface area (Å²) in [4.78, 5) is 27.7. The van der Waals surface area contributed by atoms with Crippen molar-refractivity contribution in [2.45, 2.75) is 13.0 Å². The lowest BCUT2D eigenvalue weighted by molar-refractivity contribution is -0.137. The van der Waals surface area contributed by atoms with E-state index in [1.165, 1.54) is 4.31 Å². The minimum absolute atomic E-state index is 0.00526. The fourth-order valence-electron chi connectivity index (χ4n) is 1.68. The number of nitrogens with zero attached hydrogens (tertiary/aromatic N) is 2. The normalized spacial score (nSPS) is 10.6. The van der Waals surface area contributed by atoms with E-state index in [0.29, 0.717) is 19.6 Å². The molecule has 1 amide bonds. The number of carbonyl (C=O) groups is 2. The molecule has 1 aromatic carbocycles. The third-order valence-corrected chi connectivity index (χ3v) is 4.39. The smallest absolute Gasteiger partial charge is 0.439 e. The number of rotatable bonds is 11. The second-order valence-electron chi connectivity index (χ2n) is 4.83. The van der Waals surface area contributed by atoms with Crippen molar-refractivity contribution in [2.24, 2.45) is 0 Å². The van der Waals surface area contributed by atoms with Gasteiger partial charge in [-0.25, -0.2) is 13.4 Å². The lowest BCUT2D eigenvalue weighted by Crippen LogP contribution is -2.33. The number of hydrogen-bond donors (Lipinski definition) is 2. The van der Waals surface area contributed by atoms with Crippen molar-refractivity contribution in [3.63, 3.8) is 0 Å². The molecule has 0 unspecified atom stereocenters. The molecule has 0 radical (unpaired) electrons. The van der Waals surface area contributed by atoms with Crippen LogP contribution >= 0.6 is 23.9 Å². The summed E-state index contributed by atoms with van der Waals surface area (Å²) in [5, 5.41) is 8.89. The standard InChI is InChI=1S/C15H23N3O4S2/c1-17(15(21)22-16-9-11-23-2)24-18(10-8-14(19)20)12-13-6-4-3-5-7-13/h3-7,16H,8-12H2,1-2H3,(H,19,20). The SMILES string of the molecule is CSCCNOC(=O)N(C)SN(CCC(=O)O)Cc1ccccc1. The molecular weight excluding hydrogens is 350 g/mol. The Labute approximate surface area is 150 Å². The van der Waals surface area contributed by atoms with Crippen LogP contribution in [0.2, 0.25) is 0 Å². The molecule has 0 aromatic heterocycles. The molecule has 9 heteroatoms. The molecule has 0 aliphatic rings. The van der Waals surface area contributed by atoms with E-state index in [2.05, 4.69) is 5.48 Å². The zero-order chi connectivity index (χ0) is 17.8. The molecule has 0 bridgehead atoms. The first-order valence-electron chi connectivity index (χ1n) is 7.38. The van der Waals surface area contributed by atoms with Gasteiger partial charge >= 0.3 is 12.1 Å². The van der Waals surface area contributed by atoms with Crippen molar-refractivity contribution in [3.05, 3.63) is 35.9 Å². The summed E-state index contributed by atoms with van der Waals surface area (Å²) in [6.45, 7) is 1.40. The van der Waals surface area contributed by atoms with Crippen molar-refractivity contribution < 1.29 is 19.5 Å². The highest BCUT2D eigenvalue weighted by molar-refractivity contribution is 7.98. The number of carboxylic acid groups (broad SMARTS) is 1. The minimum atomic E-state index is -0.877. The van der Waals surface area contributed by atoms with Gasteiger partial charge in [0.2, 0.25) is 0 Å². The number of carboxylic acids is 1. The van der Waals surface area contributed by atoms with Crippen LogP contribution in [0.15, 0.2) is 30.3 Å². The van der Waals surface area contributed by atoms with E-state index in [0.717, 1.165) is 23.5 Å². The van der Waals surface area contributed by atoms with Crippen LogP contribution in [-0.4, -0.2) is 57.9 Å². The summed E-state index contributed by atoms with van der Waals surface area (Å²) in [6, 6.07) is 9.67. The van der Waals surface area contributed by atoms with Gasteiger partial charge in [0.05, 0.1) is 6.42 Å². The number of carbonyl (C=O) groups excluding carboxylic acids is 1. The first-order chi connectivity index (χ1) is 11.5. The average molecular weight is 374 g/mol. The van der Waals surface area contributed by atoms with E-state index in [1.807, 2.05) is 40.9 Å². The Kier molecular flexibility index (Phi) is 10.3. The van der Waals surface area contributed by atoms with Crippen LogP contribution in [0.3, 0.4) is 0 Å². The summed E-state index contributed by atoms with van der Waals surface area (Å²) in [5.74, 6) is -0.0410. The molecule has 0 atom stereocenters. The van der Waals surface area contributed by atoms with Gasteiger partial charge in [0.15, 0.2) is 0 Å². The maximum Gasteiger partial charge on any atom is 0.439 e. The first-order valence-corrected chi connectivity index (χ1v) is 9.50. The maximum absolute atomic E-state index is 11.9. The number of amides is 1. The molecule has 0 heterocycles. The Balaban J connectivity index is 2.52. The van der Waals surface area contributed by atoms with Gasteiger partial charge < -0.3 is 9.94 Å². The van der Waals surface area contributed by atoms with Gasteiger partial charge in [-0.15, -0.1) is 0 Å². The highest BCUT2D eigenvalue weighted by Crippen LogP contribution is 2.19. The summed E-state index contributed by atoms with van der Waals surface area (Å²) >= 11 is 2.78. The molecule has 24 heavy (non-hydrogen) atoms. The highest BCUT2D eigenvalue weighted by atomic mass is 32.2. The number of hydrogen-bond acceptors (Lipinski definition) is 7. The van der Waals surface area contributed by atoms with Crippen molar-refractivity contribution in [1.82, 2.24) is 14.1 Å². The topological polar surface area (TPSA) is 82.1 Å². The minimum Gasteiger partial charge on any atom is -0.481 e. The van der Waals surface area contributed by atoms with Crippen LogP contribution in [0.4, 0.5) is 4.79 Å². The van der Waals surface area contributed by atoms with E-state index >= 15 is 0 Å². The Morgan fingerprint density at radius 2 is 2.00 bits per heavy atom. The summed E-state index contributed by atoms with van der Waals surface area (Å²) in [5.41, 5.74) is 3.64. The second-order valence-corrected chi connectivity index (χ2v) is 7.04. The molecular formula is C15H23N3O4S2. The van der Waals surface area contributed by atoms with Crippen LogP contribution in [0, 0.1) is 0 Å². The van der Waals surface area contributed by atoms with E-state index in [9.17, 15) is 9.59 Å². The molecule has 1 aromatic rings. The Morgan fingerprint density at radius 1 is 1.29 bits per heavy atom. The highest BCUT2D eigenvalue weighted by Gasteiger charge is 2.17. The van der Waals surface area contributed by atoms with Crippen molar-refractivity contribution >= 4 is 36.0 Å². The fraction of sp³-hybridized carbons (Fsp3) is 0.467. The number of aliphatic carboxylic acids is 1. The Bertz CT molecular complexity index is 505. The largest absolute Gasteiger partial charge is 0.481 e. The van der Waals surface area contributed by atoms with Gasteiger partial charge in [0.1, 0.15) is 0 Å². The number of hydroxylamine groups is 1. The molecule has 2 N–H and O–H groups in total. The summed E-state index contributed by atoms with van der Waals surface area (Å²) < 4.78 is 3.14. The van der Waals surface area contributed by atoms with Gasteiger partial charge in [-0.05, 0) is 11.8 Å².